The molecule has 124 valence electrons. The Labute approximate surface area is 134 Å². The number of ether oxygens (including phenoxy) is 1. The average Bonchev–Trinajstić information content (AvgIpc) is 2.45. The molecule has 0 saturated carbocycles. The molecule has 23 heavy (non-hydrogen) atoms. The van der Waals surface area contributed by atoms with Crippen LogP contribution in [-0.4, -0.2) is 25.7 Å². The lowest BCUT2D eigenvalue weighted by Crippen LogP contribution is -2.27. The van der Waals surface area contributed by atoms with Crippen molar-refractivity contribution < 1.29 is 22.7 Å². The molecule has 7 heteroatoms. The highest BCUT2D eigenvalue weighted by molar-refractivity contribution is 7.92. The normalized spacial score (nSPS) is 12.0. The van der Waals surface area contributed by atoms with Gasteiger partial charge < -0.3 is 9.84 Å². The van der Waals surface area contributed by atoms with E-state index in [1.165, 1.54) is 30.3 Å². The van der Waals surface area contributed by atoms with E-state index < -0.39 is 26.3 Å². The number of halogens is 1. The minimum absolute atomic E-state index is 0.104. The first-order valence-corrected chi connectivity index (χ1v) is 8.38. The summed E-state index contributed by atoms with van der Waals surface area (Å²) in [5.74, 6) is -0.328. The highest BCUT2D eigenvalue weighted by Gasteiger charge is 2.18. The lowest BCUT2D eigenvalue weighted by Gasteiger charge is -2.18. The summed E-state index contributed by atoms with van der Waals surface area (Å²) in [5, 5.41) is 9.59. The van der Waals surface area contributed by atoms with Gasteiger partial charge in [0.15, 0.2) is 0 Å². The van der Waals surface area contributed by atoms with Crippen LogP contribution in [0.15, 0.2) is 53.4 Å². The lowest BCUT2D eigenvalue weighted by atomic mass is 10.2. The van der Waals surface area contributed by atoms with E-state index in [2.05, 4.69) is 4.72 Å². The summed E-state index contributed by atoms with van der Waals surface area (Å²) >= 11 is 0. The van der Waals surface area contributed by atoms with Gasteiger partial charge in [-0.15, -0.1) is 0 Å². The van der Waals surface area contributed by atoms with Crippen molar-refractivity contribution in [2.45, 2.75) is 24.3 Å². The summed E-state index contributed by atoms with van der Waals surface area (Å²) < 4.78 is 45.6. The predicted octanol–water partition coefficient (Wildman–Crippen LogP) is 2.78. The van der Waals surface area contributed by atoms with Gasteiger partial charge in [-0.05, 0) is 50.2 Å². The fourth-order valence-electron chi connectivity index (χ4n) is 1.75. The zero-order valence-electron chi connectivity index (χ0n) is 12.8. The molecule has 5 nitrogen and oxygen atoms in total. The van der Waals surface area contributed by atoms with Crippen molar-refractivity contribution in [2.24, 2.45) is 0 Å². The summed E-state index contributed by atoms with van der Waals surface area (Å²) in [7, 11) is -4.00. The third-order valence-electron chi connectivity index (χ3n) is 2.82. The van der Waals surface area contributed by atoms with Crippen LogP contribution < -0.4 is 9.46 Å². The molecule has 0 unspecified atom stereocenters. The second kappa shape index (κ2) is 6.55. The quantitative estimate of drug-likeness (QED) is 0.848. The van der Waals surface area contributed by atoms with E-state index in [0.29, 0.717) is 5.75 Å². The van der Waals surface area contributed by atoms with Crippen LogP contribution in [0.5, 0.6) is 5.75 Å². The predicted molar refractivity (Wildman–Crippen MR) is 85.4 cm³/mol. The van der Waals surface area contributed by atoms with Gasteiger partial charge in [0.25, 0.3) is 10.0 Å². The molecule has 2 aromatic carbocycles. The molecule has 0 saturated heterocycles. The van der Waals surface area contributed by atoms with Crippen molar-refractivity contribution in [3.63, 3.8) is 0 Å². The van der Waals surface area contributed by atoms with Crippen LogP contribution in [0.25, 0.3) is 0 Å². The monoisotopic (exact) mass is 339 g/mol. The van der Waals surface area contributed by atoms with Gasteiger partial charge in [-0.1, -0.05) is 12.1 Å². The molecule has 0 atom stereocenters. The molecule has 2 N–H and O–H groups in total. The first kappa shape index (κ1) is 17.2. The van der Waals surface area contributed by atoms with Gasteiger partial charge in [0.2, 0.25) is 0 Å². The SMILES string of the molecule is CC(C)(O)COc1ccc(NS(=O)(=O)c2ccccc2F)cc1. The van der Waals surface area contributed by atoms with E-state index in [1.54, 1.807) is 26.0 Å². The fraction of sp³-hybridized carbons (Fsp3) is 0.250. The van der Waals surface area contributed by atoms with Crippen LogP contribution in [0.4, 0.5) is 10.1 Å². The van der Waals surface area contributed by atoms with Crippen LogP contribution in [0.3, 0.4) is 0 Å². The van der Waals surface area contributed by atoms with Crippen LogP contribution in [-0.2, 0) is 10.0 Å². The number of aliphatic hydroxyl groups is 1. The number of anilines is 1. The van der Waals surface area contributed by atoms with Crippen LogP contribution in [0.2, 0.25) is 0 Å². The Morgan fingerprint density at radius 2 is 1.74 bits per heavy atom. The van der Waals surface area contributed by atoms with Gasteiger partial charge in [0.05, 0.1) is 5.60 Å². The van der Waals surface area contributed by atoms with Crippen molar-refractivity contribution in [1.82, 2.24) is 0 Å². The average molecular weight is 339 g/mol. The maximum Gasteiger partial charge on any atom is 0.264 e. The van der Waals surface area contributed by atoms with E-state index in [9.17, 15) is 17.9 Å². The maximum absolute atomic E-state index is 13.6. The number of rotatable bonds is 6. The molecule has 0 heterocycles. The van der Waals surface area contributed by atoms with E-state index in [0.717, 1.165) is 6.07 Å². The largest absolute Gasteiger partial charge is 0.491 e. The Balaban J connectivity index is 2.10. The molecular formula is C16H18FNO4S. The molecule has 0 aliphatic carbocycles. The zero-order chi connectivity index (χ0) is 17.1. The molecule has 2 aromatic rings. The molecule has 0 spiro atoms. The maximum atomic E-state index is 13.6. The summed E-state index contributed by atoms with van der Waals surface area (Å²) in [6.07, 6.45) is 0. The van der Waals surface area contributed by atoms with Crippen molar-refractivity contribution in [1.29, 1.82) is 0 Å². The molecule has 2 rings (SSSR count). The number of nitrogens with one attached hydrogen (secondary N) is 1. The molecule has 0 amide bonds. The Morgan fingerprint density at radius 3 is 2.30 bits per heavy atom. The summed E-state index contributed by atoms with van der Waals surface area (Å²) in [6, 6.07) is 11.3. The van der Waals surface area contributed by atoms with Crippen LogP contribution in [0.1, 0.15) is 13.8 Å². The fourth-order valence-corrected chi connectivity index (χ4v) is 2.89. The Bertz CT molecular complexity index is 767. The Morgan fingerprint density at radius 1 is 1.13 bits per heavy atom. The summed E-state index contributed by atoms with van der Waals surface area (Å²) in [5.41, 5.74) is -0.686. The smallest absolute Gasteiger partial charge is 0.264 e. The molecule has 0 aliphatic heterocycles. The molecule has 0 fully saturated rings. The van der Waals surface area contributed by atoms with Gasteiger partial charge in [0.1, 0.15) is 23.1 Å². The van der Waals surface area contributed by atoms with Crippen LogP contribution in [0, 0.1) is 5.82 Å². The van der Waals surface area contributed by atoms with Crippen LogP contribution >= 0.6 is 0 Å². The second-order valence-corrected chi connectivity index (χ2v) is 7.31. The molecule has 0 bridgehead atoms. The lowest BCUT2D eigenvalue weighted by molar-refractivity contribution is 0.0285. The van der Waals surface area contributed by atoms with E-state index in [1.807, 2.05) is 0 Å². The van der Waals surface area contributed by atoms with Crippen molar-refractivity contribution in [2.75, 3.05) is 11.3 Å². The highest BCUT2D eigenvalue weighted by Crippen LogP contribution is 2.21. The van der Waals surface area contributed by atoms with E-state index >= 15 is 0 Å². The second-order valence-electron chi connectivity index (χ2n) is 5.66. The van der Waals surface area contributed by atoms with E-state index in [-0.39, 0.29) is 12.3 Å². The van der Waals surface area contributed by atoms with Gasteiger partial charge in [-0.3, -0.25) is 4.72 Å². The third kappa shape index (κ3) is 4.94. The molecule has 0 aromatic heterocycles. The molecular weight excluding hydrogens is 321 g/mol. The van der Waals surface area contributed by atoms with E-state index in [4.69, 9.17) is 4.74 Å². The number of sulfonamides is 1. The highest BCUT2D eigenvalue weighted by atomic mass is 32.2. The van der Waals surface area contributed by atoms with Crippen molar-refractivity contribution in [3.05, 3.63) is 54.3 Å². The van der Waals surface area contributed by atoms with Gasteiger partial charge in [-0.25, -0.2) is 12.8 Å². The van der Waals surface area contributed by atoms with Gasteiger partial charge >= 0.3 is 0 Å². The zero-order valence-corrected chi connectivity index (χ0v) is 13.6. The molecule has 0 radical (unpaired) electrons. The first-order chi connectivity index (χ1) is 10.7. The minimum Gasteiger partial charge on any atom is -0.491 e. The molecule has 0 aliphatic rings. The summed E-state index contributed by atoms with van der Waals surface area (Å²) in [4.78, 5) is -0.414. The van der Waals surface area contributed by atoms with Crippen molar-refractivity contribution in [3.8, 4) is 5.75 Å². The number of benzene rings is 2. The first-order valence-electron chi connectivity index (χ1n) is 6.90. The minimum atomic E-state index is -4.00. The number of hydrogen-bond acceptors (Lipinski definition) is 4. The number of hydrogen-bond donors (Lipinski definition) is 2. The Kier molecular flexibility index (Phi) is 4.91. The van der Waals surface area contributed by atoms with Gasteiger partial charge in [-0.2, -0.15) is 0 Å². The van der Waals surface area contributed by atoms with Crippen molar-refractivity contribution >= 4 is 15.7 Å². The third-order valence-corrected chi connectivity index (χ3v) is 4.24. The topological polar surface area (TPSA) is 75.6 Å². The van der Waals surface area contributed by atoms with Gasteiger partial charge in [0, 0.05) is 5.69 Å². The standard InChI is InChI=1S/C16H18FNO4S/c1-16(2,19)11-22-13-9-7-12(8-10-13)18-23(20,21)15-6-4-3-5-14(15)17/h3-10,18-19H,11H2,1-2H3. The Hall–Kier alpha value is -2.12. The summed E-state index contributed by atoms with van der Waals surface area (Å²) in [6.45, 7) is 3.33.